The van der Waals surface area contributed by atoms with E-state index in [4.69, 9.17) is 4.52 Å². The minimum atomic E-state index is 0.0738. The number of hydrogen-bond acceptors (Lipinski definition) is 7. The molecule has 4 rings (SSSR count). The molecule has 0 aliphatic carbocycles. The number of hydrogen-bond donors (Lipinski definition) is 0. The quantitative estimate of drug-likeness (QED) is 0.705. The number of thiophene rings is 1. The van der Waals surface area contributed by atoms with Crippen LogP contribution in [0.15, 0.2) is 29.0 Å². The molecule has 1 aliphatic heterocycles. The first kappa shape index (κ1) is 16.8. The van der Waals surface area contributed by atoms with Gasteiger partial charge in [-0.05, 0) is 38.8 Å². The standard InChI is InChI=1S/C18H19N5O2S/c1-11-8-20-14(9-19-11)17-21-16(22-25-17)13-4-3-7-23(10-13)18(24)15-6-5-12(2)26-15/h5-6,8-9,13H,3-4,7,10H2,1-2H3/t13-/m1/s1. The summed E-state index contributed by atoms with van der Waals surface area (Å²) in [6.45, 7) is 5.25. The van der Waals surface area contributed by atoms with Crippen molar-refractivity contribution in [3.05, 3.63) is 45.8 Å². The molecule has 3 aromatic heterocycles. The molecular weight excluding hydrogens is 350 g/mol. The predicted octanol–water partition coefficient (Wildman–Crippen LogP) is 3.22. The summed E-state index contributed by atoms with van der Waals surface area (Å²) < 4.78 is 5.36. The monoisotopic (exact) mass is 369 g/mol. The average Bonchev–Trinajstić information content (AvgIpc) is 3.31. The van der Waals surface area contributed by atoms with Crippen LogP contribution in [0, 0.1) is 13.8 Å². The van der Waals surface area contributed by atoms with Gasteiger partial charge in [-0.15, -0.1) is 11.3 Å². The highest BCUT2D eigenvalue weighted by atomic mass is 32.1. The number of rotatable bonds is 3. The van der Waals surface area contributed by atoms with Gasteiger partial charge in [-0.3, -0.25) is 9.78 Å². The molecular formula is C18H19N5O2S. The number of carbonyl (C=O) groups is 1. The smallest absolute Gasteiger partial charge is 0.278 e. The topological polar surface area (TPSA) is 85.0 Å². The summed E-state index contributed by atoms with van der Waals surface area (Å²) in [5, 5.41) is 4.12. The van der Waals surface area contributed by atoms with E-state index in [9.17, 15) is 4.79 Å². The molecule has 0 N–H and O–H groups in total. The molecule has 8 heteroatoms. The molecule has 1 aliphatic rings. The van der Waals surface area contributed by atoms with Crippen LogP contribution in [0.25, 0.3) is 11.6 Å². The molecule has 7 nitrogen and oxygen atoms in total. The summed E-state index contributed by atoms with van der Waals surface area (Å²) in [5.74, 6) is 1.15. The van der Waals surface area contributed by atoms with Gasteiger partial charge in [0.05, 0.1) is 16.8 Å². The van der Waals surface area contributed by atoms with Gasteiger partial charge < -0.3 is 9.42 Å². The Morgan fingerprint density at radius 3 is 2.88 bits per heavy atom. The van der Waals surface area contributed by atoms with E-state index in [1.807, 2.05) is 30.9 Å². The van der Waals surface area contributed by atoms with Crippen molar-refractivity contribution >= 4 is 17.2 Å². The van der Waals surface area contributed by atoms with Crippen molar-refractivity contribution < 1.29 is 9.32 Å². The molecule has 0 aromatic carbocycles. The highest BCUT2D eigenvalue weighted by Gasteiger charge is 2.29. The van der Waals surface area contributed by atoms with Gasteiger partial charge in [0.25, 0.3) is 11.8 Å². The van der Waals surface area contributed by atoms with E-state index in [1.54, 1.807) is 12.4 Å². The second kappa shape index (κ2) is 6.95. The Bertz CT molecular complexity index is 918. The molecule has 0 spiro atoms. The molecule has 0 unspecified atom stereocenters. The van der Waals surface area contributed by atoms with Crippen molar-refractivity contribution in [1.29, 1.82) is 0 Å². The van der Waals surface area contributed by atoms with Crippen molar-refractivity contribution in [2.24, 2.45) is 0 Å². The molecule has 0 radical (unpaired) electrons. The zero-order chi connectivity index (χ0) is 18.1. The van der Waals surface area contributed by atoms with Gasteiger partial charge in [-0.1, -0.05) is 5.16 Å². The largest absolute Gasteiger partial charge is 0.337 e. The second-order valence-electron chi connectivity index (χ2n) is 6.50. The van der Waals surface area contributed by atoms with E-state index in [0.29, 0.717) is 24.0 Å². The number of piperidine rings is 1. The summed E-state index contributed by atoms with van der Waals surface area (Å²) >= 11 is 1.53. The fourth-order valence-electron chi connectivity index (χ4n) is 3.09. The van der Waals surface area contributed by atoms with Crippen molar-refractivity contribution in [2.75, 3.05) is 13.1 Å². The Morgan fingerprint density at radius 2 is 2.15 bits per heavy atom. The van der Waals surface area contributed by atoms with E-state index < -0.39 is 0 Å². The maximum Gasteiger partial charge on any atom is 0.278 e. The lowest BCUT2D eigenvalue weighted by Crippen LogP contribution is -2.39. The van der Waals surface area contributed by atoms with Gasteiger partial charge in [0.15, 0.2) is 5.82 Å². The van der Waals surface area contributed by atoms with Gasteiger partial charge in [-0.25, -0.2) is 4.98 Å². The molecule has 4 heterocycles. The summed E-state index contributed by atoms with van der Waals surface area (Å²) in [4.78, 5) is 29.5. The van der Waals surface area contributed by atoms with Gasteiger partial charge in [0, 0.05) is 30.1 Å². The molecule has 26 heavy (non-hydrogen) atoms. The third-order valence-corrected chi connectivity index (χ3v) is 5.46. The molecule has 1 amide bonds. The third-order valence-electron chi connectivity index (χ3n) is 4.47. The maximum atomic E-state index is 12.7. The minimum Gasteiger partial charge on any atom is -0.337 e. The van der Waals surface area contributed by atoms with Gasteiger partial charge in [-0.2, -0.15) is 4.98 Å². The van der Waals surface area contributed by atoms with Gasteiger partial charge >= 0.3 is 0 Å². The fraction of sp³-hybridized carbons (Fsp3) is 0.389. The van der Waals surface area contributed by atoms with Crippen molar-refractivity contribution in [1.82, 2.24) is 25.0 Å². The number of aromatic nitrogens is 4. The van der Waals surface area contributed by atoms with Crippen LogP contribution < -0.4 is 0 Å². The number of aryl methyl sites for hydroxylation is 2. The molecule has 1 atom stereocenters. The van der Waals surface area contributed by atoms with Crippen LogP contribution >= 0.6 is 11.3 Å². The zero-order valence-corrected chi connectivity index (χ0v) is 15.5. The van der Waals surface area contributed by atoms with Crippen LogP contribution in [-0.4, -0.2) is 44.0 Å². The lowest BCUT2D eigenvalue weighted by molar-refractivity contribution is 0.0708. The van der Waals surface area contributed by atoms with Crippen LogP contribution in [0.2, 0.25) is 0 Å². The second-order valence-corrected chi connectivity index (χ2v) is 7.79. The Morgan fingerprint density at radius 1 is 1.27 bits per heavy atom. The van der Waals surface area contributed by atoms with Crippen molar-refractivity contribution in [3.8, 4) is 11.6 Å². The lowest BCUT2D eigenvalue weighted by Gasteiger charge is -2.30. The average molecular weight is 369 g/mol. The van der Waals surface area contributed by atoms with E-state index in [0.717, 1.165) is 34.8 Å². The van der Waals surface area contributed by atoms with Crippen molar-refractivity contribution in [3.63, 3.8) is 0 Å². The third kappa shape index (κ3) is 3.37. The summed E-state index contributed by atoms with van der Waals surface area (Å²) in [6.07, 6.45) is 5.16. The van der Waals surface area contributed by atoms with E-state index in [2.05, 4.69) is 20.1 Å². The van der Waals surface area contributed by atoms with Crippen LogP contribution in [0.5, 0.6) is 0 Å². The van der Waals surface area contributed by atoms with Crippen LogP contribution in [0.3, 0.4) is 0 Å². The van der Waals surface area contributed by atoms with Gasteiger partial charge in [0.1, 0.15) is 5.69 Å². The molecule has 0 bridgehead atoms. The van der Waals surface area contributed by atoms with E-state index in [-0.39, 0.29) is 11.8 Å². The molecule has 1 saturated heterocycles. The Hall–Kier alpha value is -2.61. The molecule has 1 fully saturated rings. The summed E-state index contributed by atoms with van der Waals surface area (Å²) in [7, 11) is 0. The van der Waals surface area contributed by atoms with Crippen LogP contribution in [0.4, 0.5) is 0 Å². The van der Waals surface area contributed by atoms with E-state index in [1.165, 1.54) is 11.3 Å². The Kier molecular flexibility index (Phi) is 4.50. The summed E-state index contributed by atoms with van der Waals surface area (Å²) in [5.41, 5.74) is 1.39. The van der Waals surface area contributed by atoms with E-state index >= 15 is 0 Å². The van der Waals surface area contributed by atoms with Crippen molar-refractivity contribution in [2.45, 2.75) is 32.6 Å². The Labute approximate surface area is 155 Å². The molecule has 3 aromatic rings. The first-order valence-electron chi connectivity index (χ1n) is 8.58. The molecule has 134 valence electrons. The SMILES string of the molecule is Cc1cnc(-c2nc([C@@H]3CCCN(C(=O)c4ccc(C)s4)C3)no2)cn1. The number of nitrogens with zero attached hydrogens (tertiary/aromatic N) is 5. The molecule has 0 saturated carbocycles. The maximum absolute atomic E-state index is 12.7. The fourth-order valence-corrected chi connectivity index (χ4v) is 3.92. The summed E-state index contributed by atoms with van der Waals surface area (Å²) in [6, 6.07) is 3.88. The van der Waals surface area contributed by atoms with Crippen LogP contribution in [0.1, 0.15) is 44.8 Å². The van der Waals surface area contributed by atoms with Crippen LogP contribution in [-0.2, 0) is 0 Å². The van der Waals surface area contributed by atoms with Gasteiger partial charge in [0.2, 0.25) is 0 Å². The first-order valence-corrected chi connectivity index (χ1v) is 9.40. The number of carbonyl (C=O) groups excluding carboxylic acids is 1. The normalized spacial score (nSPS) is 17.5. The highest BCUT2D eigenvalue weighted by molar-refractivity contribution is 7.13. The highest BCUT2D eigenvalue weighted by Crippen LogP contribution is 2.28. The zero-order valence-electron chi connectivity index (χ0n) is 14.7. The number of likely N-dealkylation sites (tertiary alicyclic amines) is 1. The Balaban J connectivity index is 1.49. The minimum absolute atomic E-state index is 0.0738. The number of amides is 1. The lowest BCUT2D eigenvalue weighted by atomic mass is 9.97. The predicted molar refractivity (Wildman–Crippen MR) is 97.0 cm³/mol. The first-order chi connectivity index (χ1) is 12.6.